The highest BCUT2D eigenvalue weighted by atomic mass is 16.2. The van der Waals surface area contributed by atoms with E-state index < -0.39 is 0 Å². The maximum atomic E-state index is 12.0. The van der Waals surface area contributed by atoms with E-state index in [0.29, 0.717) is 12.5 Å². The summed E-state index contributed by atoms with van der Waals surface area (Å²) in [6.07, 6.45) is 3.36. The van der Waals surface area contributed by atoms with Gasteiger partial charge in [0.05, 0.1) is 0 Å². The summed E-state index contributed by atoms with van der Waals surface area (Å²) in [5.74, 6) is 0.176. The molecule has 0 aromatic carbocycles. The molecule has 3 heteroatoms. The minimum Gasteiger partial charge on any atom is -0.343 e. The zero-order valence-corrected chi connectivity index (χ0v) is 12.4. The lowest BCUT2D eigenvalue weighted by atomic mass is 9.87. The molecule has 0 aliphatic carbocycles. The molecule has 0 spiro atoms. The van der Waals surface area contributed by atoms with Crippen LogP contribution in [0.3, 0.4) is 0 Å². The topological polar surface area (TPSA) is 46.3 Å². The van der Waals surface area contributed by atoms with Crippen LogP contribution in [-0.4, -0.2) is 29.9 Å². The van der Waals surface area contributed by atoms with Gasteiger partial charge in [-0.15, -0.1) is 0 Å². The fourth-order valence-corrected chi connectivity index (χ4v) is 2.27. The van der Waals surface area contributed by atoms with Gasteiger partial charge in [-0.1, -0.05) is 34.6 Å². The molecule has 102 valence electrons. The average molecular weight is 242 g/mol. The Morgan fingerprint density at radius 2 is 1.71 bits per heavy atom. The van der Waals surface area contributed by atoms with E-state index in [0.717, 1.165) is 19.3 Å². The van der Waals surface area contributed by atoms with Gasteiger partial charge >= 0.3 is 0 Å². The van der Waals surface area contributed by atoms with Crippen LogP contribution in [0.25, 0.3) is 0 Å². The van der Waals surface area contributed by atoms with Crippen LogP contribution >= 0.6 is 0 Å². The lowest BCUT2D eigenvalue weighted by molar-refractivity contribution is -0.132. The SMILES string of the molecule is CCC(CC)N(C)C(=O)CC(N)CC(C)(C)C. The van der Waals surface area contributed by atoms with E-state index in [2.05, 4.69) is 34.6 Å². The molecule has 0 fully saturated rings. The summed E-state index contributed by atoms with van der Waals surface area (Å²) < 4.78 is 0. The van der Waals surface area contributed by atoms with Crippen molar-refractivity contribution in [3.8, 4) is 0 Å². The second-order valence-electron chi connectivity index (χ2n) is 6.20. The quantitative estimate of drug-likeness (QED) is 0.778. The highest BCUT2D eigenvalue weighted by Crippen LogP contribution is 2.21. The van der Waals surface area contributed by atoms with Crippen LogP contribution in [0.15, 0.2) is 0 Å². The molecule has 2 N–H and O–H groups in total. The van der Waals surface area contributed by atoms with Gasteiger partial charge in [-0.3, -0.25) is 4.79 Å². The number of hydrogen-bond acceptors (Lipinski definition) is 2. The van der Waals surface area contributed by atoms with Gasteiger partial charge in [0.2, 0.25) is 5.91 Å². The molecule has 17 heavy (non-hydrogen) atoms. The molecule has 1 amide bonds. The molecular formula is C14H30N2O. The summed E-state index contributed by atoms with van der Waals surface area (Å²) in [7, 11) is 1.89. The number of amides is 1. The molecule has 0 heterocycles. The number of nitrogens with zero attached hydrogens (tertiary/aromatic N) is 1. The lowest BCUT2D eigenvalue weighted by Crippen LogP contribution is -2.40. The predicted molar refractivity (Wildman–Crippen MR) is 73.8 cm³/mol. The summed E-state index contributed by atoms with van der Waals surface area (Å²) in [6, 6.07) is 0.323. The van der Waals surface area contributed by atoms with Crippen molar-refractivity contribution in [2.75, 3.05) is 7.05 Å². The molecule has 0 aromatic rings. The van der Waals surface area contributed by atoms with Crippen molar-refractivity contribution >= 4 is 5.91 Å². The predicted octanol–water partition coefficient (Wildman–Crippen LogP) is 2.79. The van der Waals surface area contributed by atoms with Crippen LogP contribution in [0.5, 0.6) is 0 Å². The number of carbonyl (C=O) groups excluding carboxylic acids is 1. The third-order valence-electron chi connectivity index (χ3n) is 3.19. The van der Waals surface area contributed by atoms with Crippen molar-refractivity contribution in [1.29, 1.82) is 0 Å². The van der Waals surface area contributed by atoms with Gasteiger partial charge in [-0.2, -0.15) is 0 Å². The molecule has 0 saturated carbocycles. The fourth-order valence-electron chi connectivity index (χ4n) is 2.27. The highest BCUT2D eigenvalue weighted by molar-refractivity contribution is 5.76. The Kier molecular flexibility index (Phi) is 6.76. The molecule has 0 aliphatic rings. The van der Waals surface area contributed by atoms with Gasteiger partial charge < -0.3 is 10.6 Å². The molecule has 0 radical (unpaired) electrons. The Hall–Kier alpha value is -0.570. The maximum Gasteiger partial charge on any atom is 0.224 e. The van der Waals surface area contributed by atoms with E-state index in [-0.39, 0.29) is 17.4 Å². The molecule has 1 atom stereocenters. The minimum atomic E-state index is -0.0284. The molecule has 0 aliphatic heterocycles. The van der Waals surface area contributed by atoms with E-state index in [1.165, 1.54) is 0 Å². The van der Waals surface area contributed by atoms with Crippen LogP contribution in [0, 0.1) is 5.41 Å². The standard InChI is InChI=1S/C14H30N2O/c1-7-12(8-2)16(6)13(17)9-11(15)10-14(3,4)5/h11-12H,7-10,15H2,1-6H3. The Balaban J connectivity index is 4.25. The number of carbonyl (C=O) groups is 1. The number of hydrogen-bond donors (Lipinski definition) is 1. The Morgan fingerprint density at radius 1 is 1.24 bits per heavy atom. The third-order valence-corrected chi connectivity index (χ3v) is 3.19. The van der Waals surface area contributed by atoms with Gasteiger partial charge in [0, 0.05) is 25.6 Å². The van der Waals surface area contributed by atoms with E-state index in [1.807, 2.05) is 11.9 Å². The first-order chi connectivity index (χ1) is 7.71. The summed E-state index contributed by atoms with van der Waals surface area (Å²) >= 11 is 0. The van der Waals surface area contributed by atoms with Crippen molar-refractivity contribution in [1.82, 2.24) is 4.90 Å². The normalized spacial score (nSPS) is 13.9. The van der Waals surface area contributed by atoms with Gasteiger partial charge in [0.15, 0.2) is 0 Å². The Morgan fingerprint density at radius 3 is 2.06 bits per heavy atom. The first-order valence-electron chi connectivity index (χ1n) is 6.72. The second-order valence-corrected chi connectivity index (χ2v) is 6.20. The number of nitrogens with two attached hydrogens (primary N) is 1. The molecule has 3 nitrogen and oxygen atoms in total. The van der Waals surface area contributed by atoms with Gasteiger partial charge in [0.1, 0.15) is 0 Å². The summed E-state index contributed by atoms with van der Waals surface area (Å²) in [4.78, 5) is 13.9. The monoisotopic (exact) mass is 242 g/mol. The Labute approximate surface area is 107 Å². The van der Waals surface area contributed by atoms with Crippen molar-refractivity contribution < 1.29 is 4.79 Å². The van der Waals surface area contributed by atoms with E-state index in [1.54, 1.807) is 0 Å². The largest absolute Gasteiger partial charge is 0.343 e. The van der Waals surface area contributed by atoms with Crippen LogP contribution in [0.4, 0.5) is 0 Å². The molecule has 1 unspecified atom stereocenters. The first kappa shape index (κ1) is 16.4. The lowest BCUT2D eigenvalue weighted by Gasteiger charge is -2.29. The molecular weight excluding hydrogens is 212 g/mol. The summed E-state index contributed by atoms with van der Waals surface area (Å²) in [6.45, 7) is 10.7. The van der Waals surface area contributed by atoms with Crippen molar-refractivity contribution in [3.63, 3.8) is 0 Å². The third kappa shape index (κ3) is 6.67. The van der Waals surface area contributed by atoms with Crippen LogP contribution in [-0.2, 0) is 4.79 Å². The van der Waals surface area contributed by atoms with Crippen LogP contribution in [0.2, 0.25) is 0 Å². The van der Waals surface area contributed by atoms with E-state index in [4.69, 9.17) is 5.73 Å². The maximum absolute atomic E-state index is 12.0. The summed E-state index contributed by atoms with van der Waals surface area (Å²) in [5.41, 5.74) is 6.22. The molecule has 0 rings (SSSR count). The van der Waals surface area contributed by atoms with Gasteiger partial charge in [0.25, 0.3) is 0 Å². The summed E-state index contributed by atoms with van der Waals surface area (Å²) in [5, 5.41) is 0. The fraction of sp³-hybridized carbons (Fsp3) is 0.929. The molecule has 0 aromatic heterocycles. The van der Waals surface area contributed by atoms with Gasteiger partial charge in [-0.05, 0) is 24.7 Å². The van der Waals surface area contributed by atoms with E-state index >= 15 is 0 Å². The highest BCUT2D eigenvalue weighted by Gasteiger charge is 2.22. The minimum absolute atomic E-state index is 0.0284. The molecule has 0 saturated heterocycles. The second kappa shape index (κ2) is 7.00. The molecule has 0 bridgehead atoms. The van der Waals surface area contributed by atoms with Crippen molar-refractivity contribution in [2.24, 2.45) is 11.1 Å². The number of rotatable bonds is 6. The van der Waals surface area contributed by atoms with Crippen LogP contribution < -0.4 is 5.73 Å². The zero-order valence-electron chi connectivity index (χ0n) is 12.4. The first-order valence-corrected chi connectivity index (χ1v) is 6.72. The van der Waals surface area contributed by atoms with E-state index in [9.17, 15) is 4.79 Å². The average Bonchev–Trinajstić information content (AvgIpc) is 2.16. The zero-order chi connectivity index (χ0) is 13.6. The van der Waals surface area contributed by atoms with Crippen LogP contribution in [0.1, 0.15) is 60.3 Å². The van der Waals surface area contributed by atoms with Crippen molar-refractivity contribution in [3.05, 3.63) is 0 Å². The Bertz CT molecular complexity index is 229. The van der Waals surface area contributed by atoms with Gasteiger partial charge in [-0.25, -0.2) is 0 Å². The van der Waals surface area contributed by atoms with Crippen molar-refractivity contribution in [2.45, 2.75) is 72.4 Å². The smallest absolute Gasteiger partial charge is 0.224 e.